The Labute approximate surface area is 172 Å². The average Bonchev–Trinajstić information content (AvgIpc) is 3.17. The molecule has 2 aromatic heterocycles. The standard InChI is InChI=1S/C17H16F3N5O5S/c1-3-4-14(26)25(31(2,29)30)24-15(27)10-7-13(23-6-5-21-9-23)11(17(18,19)20)8-12(10)22-16(24)28/h5-9H,3-4H2,1-2H3,(H,22,28). The highest BCUT2D eigenvalue weighted by Gasteiger charge is 2.35. The van der Waals surface area contributed by atoms with Crippen molar-refractivity contribution in [2.24, 2.45) is 0 Å². The number of aromatic amines is 1. The molecular formula is C17H16F3N5O5S. The van der Waals surface area contributed by atoms with E-state index in [4.69, 9.17) is 0 Å². The van der Waals surface area contributed by atoms with Crippen LogP contribution in [0.2, 0.25) is 0 Å². The Balaban J connectivity index is 2.42. The van der Waals surface area contributed by atoms with E-state index in [1.54, 1.807) is 6.92 Å². The number of H-pyrrole nitrogens is 1. The van der Waals surface area contributed by atoms with E-state index < -0.39 is 55.5 Å². The van der Waals surface area contributed by atoms with Gasteiger partial charge < -0.3 is 9.55 Å². The predicted octanol–water partition coefficient (Wildman–Crippen LogP) is 1.12. The zero-order valence-electron chi connectivity index (χ0n) is 16.2. The first kappa shape index (κ1) is 22.3. The van der Waals surface area contributed by atoms with Crippen molar-refractivity contribution in [3.8, 4) is 5.69 Å². The molecule has 14 heteroatoms. The van der Waals surface area contributed by atoms with Gasteiger partial charge in [0.15, 0.2) is 0 Å². The Bertz CT molecular complexity index is 1370. The zero-order valence-corrected chi connectivity index (χ0v) is 17.0. The first-order valence-electron chi connectivity index (χ1n) is 8.78. The van der Waals surface area contributed by atoms with Crippen LogP contribution in [-0.4, -0.2) is 39.8 Å². The molecule has 0 saturated heterocycles. The first-order chi connectivity index (χ1) is 14.4. The van der Waals surface area contributed by atoms with Crippen LogP contribution in [0.4, 0.5) is 13.2 Å². The molecule has 2 heterocycles. The van der Waals surface area contributed by atoms with Crippen LogP contribution >= 0.6 is 0 Å². The Morgan fingerprint density at radius 2 is 1.94 bits per heavy atom. The van der Waals surface area contributed by atoms with Crippen molar-refractivity contribution < 1.29 is 26.4 Å². The molecule has 0 atom stereocenters. The number of hydrogen-bond donors (Lipinski definition) is 1. The van der Waals surface area contributed by atoms with Gasteiger partial charge in [-0.1, -0.05) is 6.92 Å². The highest BCUT2D eigenvalue weighted by molar-refractivity contribution is 7.92. The van der Waals surface area contributed by atoms with E-state index in [1.165, 1.54) is 12.4 Å². The molecule has 0 aliphatic carbocycles. The van der Waals surface area contributed by atoms with Crippen LogP contribution in [0.25, 0.3) is 16.6 Å². The highest BCUT2D eigenvalue weighted by Crippen LogP contribution is 2.35. The number of carbonyl (C=O) groups is 1. The number of sulfonamides is 1. The number of alkyl halides is 3. The van der Waals surface area contributed by atoms with Crippen molar-refractivity contribution in [2.45, 2.75) is 25.9 Å². The third kappa shape index (κ3) is 4.10. The molecule has 0 fully saturated rings. The van der Waals surface area contributed by atoms with Gasteiger partial charge in [-0.25, -0.2) is 18.2 Å². The van der Waals surface area contributed by atoms with E-state index in [-0.39, 0.29) is 21.9 Å². The summed E-state index contributed by atoms with van der Waals surface area (Å²) >= 11 is 0. The van der Waals surface area contributed by atoms with Crippen molar-refractivity contribution in [3.63, 3.8) is 0 Å². The van der Waals surface area contributed by atoms with E-state index >= 15 is 0 Å². The fourth-order valence-electron chi connectivity index (χ4n) is 3.00. The van der Waals surface area contributed by atoms with Gasteiger partial charge in [0.05, 0.1) is 34.7 Å². The second kappa shape index (κ2) is 7.68. The van der Waals surface area contributed by atoms with E-state index in [2.05, 4.69) is 9.97 Å². The van der Waals surface area contributed by atoms with Crippen molar-refractivity contribution in [3.05, 3.63) is 57.3 Å². The van der Waals surface area contributed by atoms with Crippen LogP contribution in [0.1, 0.15) is 25.3 Å². The quantitative estimate of drug-likeness (QED) is 0.609. The van der Waals surface area contributed by atoms with Gasteiger partial charge >= 0.3 is 11.9 Å². The van der Waals surface area contributed by atoms with Crippen LogP contribution in [0.15, 0.2) is 40.4 Å². The smallest absolute Gasteiger partial charge is 0.306 e. The zero-order chi connectivity index (χ0) is 23.1. The van der Waals surface area contributed by atoms with Gasteiger partial charge in [-0.3, -0.25) is 9.59 Å². The normalized spacial score (nSPS) is 12.3. The lowest BCUT2D eigenvalue weighted by Gasteiger charge is -2.21. The number of halogens is 3. The topological polar surface area (TPSA) is 127 Å². The van der Waals surface area contributed by atoms with E-state index in [9.17, 15) is 36.0 Å². The average molecular weight is 459 g/mol. The first-order valence-corrected chi connectivity index (χ1v) is 10.6. The van der Waals surface area contributed by atoms with Crippen LogP contribution < -0.4 is 15.7 Å². The second-order valence-corrected chi connectivity index (χ2v) is 8.39. The number of nitrogens with zero attached hydrogens (tertiary/aromatic N) is 4. The highest BCUT2D eigenvalue weighted by atomic mass is 32.2. The molecule has 166 valence electrons. The minimum atomic E-state index is -4.84. The maximum Gasteiger partial charge on any atom is 0.418 e. The van der Waals surface area contributed by atoms with E-state index in [0.717, 1.165) is 17.0 Å². The molecule has 0 radical (unpaired) electrons. The molecule has 1 aromatic carbocycles. The van der Waals surface area contributed by atoms with Crippen LogP contribution in [0.3, 0.4) is 0 Å². The minimum absolute atomic E-state index is 0.0195. The Hall–Kier alpha value is -3.42. The maximum atomic E-state index is 13.6. The summed E-state index contributed by atoms with van der Waals surface area (Å²) in [5.41, 5.74) is -4.76. The lowest BCUT2D eigenvalue weighted by atomic mass is 10.1. The van der Waals surface area contributed by atoms with Crippen LogP contribution in [-0.2, 0) is 21.0 Å². The predicted molar refractivity (Wildman–Crippen MR) is 104 cm³/mol. The monoisotopic (exact) mass is 459 g/mol. The third-order valence-corrected chi connectivity index (χ3v) is 5.25. The molecule has 1 N–H and O–H groups in total. The number of carbonyl (C=O) groups excluding carboxylic acids is 1. The van der Waals surface area contributed by atoms with Gasteiger partial charge in [0.2, 0.25) is 0 Å². The maximum absolute atomic E-state index is 13.6. The Morgan fingerprint density at radius 1 is 1.26 bits per heavy atom. The fraction of sp³-hybridized carbons (Fsp3) is 0.294. The summed E-state index contributed by atoms with van der Waals surface area (Å²) in [6, 6.07) is 1.41. The van der Waals surface area contributed by atoms with Crippen molar-refractivity contribution in [1.29, 1.82) is 0 Å². The molecule has 0 aliphatic heterocycles. The number of nitrogens with one attached hydrogen (secondary N) is 1. The van der Waals surface area contributed by atoms with Gasteiger partial charge in [-0.2, -0.15) is 13.2 Å². The molecule has 0 spiro atoms. The lowest BCUT2D eigenvalue weighted by Crippen LogP contribution is -2.55. The summed E-state index contributed by atoms with van der Waals surface area (Å²) in [5.74, 6) is -1.04. The SMILES string of the molecule is CCCC(=O)N(n1c(=O)[nH]c2cc(C(F)(F)F)c(-n3ccnc3)cc2c1=O)S(C)(=O)=O. The number of rotatable bonds is 5. The molecule has 3 rings (SSSR count). The number of benzene rings is 1. The van der Waals surface area contributed by atoms with Crippen LogP contribution in [0.5, 0.6) is 0 Å². The number of aromatic nitrogens is 4. The molecule has 31 heavy (non-hydrogen) atoms. The number of hydrogen-bond acceptors (Lipinski definition) is 6. The van der Waals surface area contributed by atoms with Crippen molar-refractivity contribution >= 4 is 26.8 Å². The third-order valence-electron chi connectivity index (χ3n) is 4.25. The number of imidazole rings is 1. The van der Waals surface area contributed by atoms with Crippen molar-refractivity contribution in [2.75, 3.05) is 10.7 Å². The lowest BCUT2D eigenvalue weighted by molar-refractivity contribution is -0.137. The van der Waals surface area contributed by atoms with E-state index in [0.29, 0.717) is 12.3 Å². The molecule has 0 unspecified atom stereocenters. The largest absolute Gasteiger partial charge is 0.418 e. The molecule has 10 nitrogen and oxygen atoms in total. The van der Waals surface area contributed by atoms with E-state index in [1.807, 2.05) is 0 Å². The van der Waals surface area contributed by atoms with Gasteiger partial charge in [0.25, 0.3) is 21.5 Å². The number of fused-ring (bicyclic) bond motifs is 1. The summed E-state index contributed by atoms with van der Waals surface area (Å²) in [4.78, 5) is 43.6. The summed E-state index contributed by atoms with van der Waals surface area (Å²) in [5, 5.41) is -0.436. The molecule has 0 bridgehead atoms. The Morgan fingerprint density at radius 3 is 2.45 bits per heavy atom. The molecule has 0 aliphatic rings. The molecule has 3 aromatic rings. The van der Waals surface area contributed by atoms with Gasteiger partial charge in [-0.05, 0) is 18.6 Å². The van der Waals surface area contributed by atoms with Crippen molar-refractivity contribution in [1.82, 2.24) is 19.2 Å². The van der Waals surface area contributed by atoms with Crippen LogP contribution in [0, 0.1) is 0 Å². The minimum Gasteiger partial charge on any atom is -0.306 e. The van der Waals surface area contributed by atoms with Gasteiger partial charge in [-0.15, -0.1) is 9.09 Å². The van der Waals surface area contributed by atoms with Gasteiger partial charge in [0, 0.05) is 18.8 Å². The number of amides is 1. The molecule has 1 amide bonds. The Kier molecular flexibility index (Phi) is 5.52. The van der Waals surface area contributed by atoms with Gasteiger partial charge in [0.1, 0.15) is 0 Å². The molecular weight excluding hydrogens is 443 g/mol. The second-order valence-electron chi connectivity index (χ2n) is 6.58. The molecule has 0 saturated carbocycles. The summed E-state index contributed by atoms with van der Waals surface area (Å²) in [6.07, 6.45) is -0.752. The summed E-state index contributed by atoms with van der Waals surface area (Å²) in [7, 11) is -4.41. The summed E-state index contributed by atoms with van der Waals surface area (Å²) in [6.45, 7) is 1.59. The summed E-state index contributed by atoms with van der Waals surface area (Å²) < 4.78 is 66.2. The fourth-order valence-corrected chi connectivity index (χ4v) is 3.91.